The maximum atomic E-state index is 10.8. The van der Waals surface area contributed by atoms with Crippen molar-refractivity contribution in [1.82, 2.24) is 4.90 Å². The first-order valence-electron chi connectivity index (χ1n) is 7.68. The van der Waals surface area contributed by atoms with Crippen molar-refractivity contribution in [2.45, 2.75) is 31.9 Å². The summed E-state index contributed by atoms with van der Waals surface area (Å²) in [4.78, 5) is 13.1. The largest absolute Gasteiger partial charge is 0.495 e. The number of hydrogen-bond acceptors (Lipinski definition) is 5. The van der Waals surface area contributed by atoms with Gasteiger partial charge in [-0.2, -0.15) is 0 Å². The van der Waals surface area contributed by atoms with E-state index in [1.165, 1.54) is 0 Å². The smallest absolute Gasteiger partial charge is 0.218 e. The predicted octanol–water partition coefficient (Wildman–Crippen LogP) is 0.939. The van der Waals surface area contributed by atoms with E-state index in [1.54, 1.807) is 7.11 Å². The van der Waals surface area contributed by atoms with Gasteiger partial charge in [-0.05, 0) is 18.9 Å². The molecule has 0 spiro atoms. The second-order valence-electron chi connectivity index (χ2n) is 5.63. The lowest BCUT2D eigenvalue weighted by molar-refractivity contribution is -0.118. The molecule has 0 saturated carbocycles. The molecule has 1 fully saturated rings. The van der Waals surface area contributed by atoms with Gasteiger partial charge in [0.25, 0.3) is 0 Å². The van der Waals surface area contributed by atoms with Gasteiger partial charge in [-0.15, -0.1) is 0 Å². The Hall–Kier alpha value is -1.79. The van der Waals surface area contributed by atoms with E-state index in [4.69, 9.17) is 10.5 Å². The van der Waals surface area contributed by atoms with E-state index in [0.717, 1.165) is 49.5 Å². The summed E-state index contributed by atoms with van der Waals surface area (Å²) in [5.74, 6) is 0.504. The summed E-state index contributed by atoms with van der Waals surface area (Å²) < 4.78 is 5.38. The highest BCUT2D eigenvalue weighted by atomic mass is 16.5. The maximum absolute atomic E-state index is 10.8. The lowest BCUT2D eigenvalue weighted by Crippen LogP contribution is -2.40. The van der Waals surface area contributed by atoms with Crippen LogP contribution in [0.1, 0.15) is 24.8 Å². The number of rotatable bonds is 7. The van der Waals surface area contributed by atoms with Crippen LogP contribution in [-0.4, -0.2) is 48.7 Å². The first kappa shape index (κ1) is 16.6. The third-order valence-corrected chi connectivity index (χ3v) is 4.11. The number of piperidine rings is 1. The summed E-state index contributed by atoms with van der Waals surface area (Å²) in [5.41, 5.74) is 6.91. The number of carbonyl (C=O) groups excluding carboxylic acids is 1. The Morgan fingerprint density at radius 3 is 2.77 bits per heavy atom. The molecule has 22 heavy (non-hydrogen) atoms. The zero-order valence-electron chi connectivity index (χ0n) is 13.0. The van der Waals surface area contributed by atoms with Gasteiger partial charge in [0.2, 0.25) is 5.91 Å². The minimum absolute atomic E-state index is 0.0169. The molecule has 1 heterocycles. The molecule has 2 rings (SSSR count). The third kappa shape index (κ3) is 4.35. The number of ether oxygens (including phenoxy) is 1. The van der Waals surface area contributed by atoms with E-state index in [1.807, 2.05) is 18.2 Å². The molecule has 0 atom stereocenters. The zero-order chi connectivity index (χ0) is 15.9. The molecule has 122 valence electrons. The van der Waals surface area contributed by atoms with Crippen LogP contribution < -0.4 is 15.8 Å². The molecule has 1 amide bonds. The molecular weight excluding hydrogens is 282 g/mol. The monoisotopic (exact) mass is 307 g/mol. The number of para-hydroxylation sites is 1. The van der Waals surface area contributed by atoms with E-state index >= 15 is 0 Å². The van der Waals surface area contributed by atoms with Gasteiger partial charge in [-0.1, -0.05) is 12.1 Å². The number of anilines is 1. The number of benzene rings is 1. The van der Waals surface area contributed by atoms with Crippen LogP contribution in [-0.2, 0) is 11.4 Å². The number of carbonyl (C=O) groups is 1. The standard InChI is InChI=1S/C16H25N3O3/c1-22-14-4-2-3-12(11-20)16(14)18-13-5-8-19(9-6-13)10-7-15(17)21/h2-4,13,18,20H,5-11H2,1H3,(H2,17,21). The molecule has 1 aliphatic rings. The molecule has 1 aromatic carbocycles. The van der Waals surface area contributed by atoms with Crippen LogP contribution in [0.15, 0.2) is 18.2 Å². The molecule has 1 aromatic rings. The molecule has 4 N–H and O–H groups in total. The number of amides is 1. The van der Waals surface area contributed by atoms with Crippen molar-refractivity contribution in [3.05, 3.63) is 23.8 Å². The lowest BCUT2D eigenvalue weighted by Gasteiger charge is -2.33. The molecule has 0 unspecified atom stereocenters. The normalized spacial score (nSPS) is 16.5. The Kier molecular flexibility index (Phi) is 6.03. The Labute approximate surface area is 131 Å². The van der Waals surface area contributed by atoms with Crippen LogP contribution in [0.3, 0.4) is 0 Å². The molecular formula is C16H25N3O3. The molecule has 6 nitrogen and oxygen atoms in total. The summed E-state index contributed by atoms with van der Waals surface area (Å²) in [6.07, 6.45) is 2.39. The highest BCUT2D eigenvalue weighted by Gasteiger charge is 2.21. The minimum atomic E-state index is -0.248. The number of nitrogens with zero attached hydrogens (tertiary/aromatic N) is 1. The van der Waals surface area contributed by atoms with Crippen molar-refractivity contribution in [2.24, 2.45) is 5.73 Å². The van der Waals surface area contributed by atoms with Crippen LogP contribution in [0.5, 0.6) is 5.75 Å². The van der Waals surface area contributed by atoms with Crippen molar-refractivity contribution in [2.75, 3.05) is 32.1 Å². The van der Waals surface area contributed by atoms with Gasteiger partial charge in [0.05, 0.1) is 19.4 Å². The SMILES string of the molecule is COc1cccc(CO)c1NC1CCN(CCC(N)=O)CC1. The number of aliphatic hydroxyl groups excluding tert-OH is 1. The Morgan fingerprint density at radius 2 is 2.18 bits per heavy atom. The molecule has 0 bridgehead atoms. The van der Waals surface area contributed by atoms with Gasteiger partial charge in [-0.25, -0.2) is 0 Å². The van der Waals surface area contributed by atoms with Crippen molar-refractivity contribution in [1.29, 1.82) is 0 Å². The average molecular weight is 307 g/mol. The molecule has 0 radical (unpaired) electrons. The Bertz CT molecular complexity index is 477. The van der Waals surface area contributed by atoms with Crippen molar-refractivity contribution < 1.29 is 14.6 Å². The van der Waals surface area contributed by atoms with Crippen LogP contribution in [0, 0.1) is 0 Å². The zero-order valence-corrected chi connectivity index (χ0v) is 13.0. The fourth-order valence-electron chi connectivity index (χ4n) is 2.82. The van der Waals surface area contributed by atoms with Crippen LogP contribution in [0.4, 0.5) is 5.69 Å². The molecule has 0 aliphatic carbocycles. The van der Waals surface area contributed by atoms with Crippen molar-refractivity contribution in [3.8, 4) is 5.75 Å². The summed E-state index contributed by atoms with van der Waals surface area (Å²) in [6, 6.07) is 6.00. The second-order valence-corrected chi connectivity index (χ2v) is 5.63. The summed E-state index contributed by atoms with van der Waals surface area (Å²) in [6.45, 7) is 2.60. The van der Waals surface area contributed by atoms with E-state index in [-0.39, 0.29) is 12.5 Å². The molecule has 0 aromatic heterocycles. The number of nitrogens with two attached hydrogens (primary N) is 1. The quantitative estimate of drug-likeness (QED) is 0.698. The van der Waals surface area contributed by atoms with Gasteiger partial charge >= 0.3 is 0 Å². The number of likely N-dealkylation sites (tertiary alicyclic amines) is 1. The Morgan fingerprint density at radius 1 is 1.45 bits per heavy atom. The van der Waals surface area contributed by atoms with Gasteiger partial charge in [0, 0.05) is 37.7 Å². The highest BCUT2D eigenvalue weighted by Crippen LogP contribution is 2.30. The van der Waals surface area contributed by atoms with E-state index in [9.17, 15) is 9.90 Å². The summed E-state index contributed by atoms with van der Waals surface area (Å²) in [7, 11) is 1.63. The number of methoxy groups -OCH3 is 1. The van der Waals surface area contributed by atoms with Crippen molar-refractivity contribution in [3.63, 3.8) is 0 Å². The number of nitrogens with one attached hydrogen (secondary N) is 1. The molecule has 1 aliphatic heterocycles. The number of aliphatic hydroxyl groups is 1. The fraction of sp³-hybridized carbons (Fsp3) is 0.562. The topological polar surface area (TPSA) is 87.8 Å². The van der Waals surface area contributed by atoms with Gasteiger partial charge in [0.1, 0.15) is 5.75 Å². The third-order valence-electron chi connectivity index (χ3n) is 4.11. The Balaban J connectivity index is 1.92. The average Bonchev–Trinajstić information content (AvgIpc) is 2.54. The summed E-state index contributed by atoms with van der Waals surface area (Å²) >= 11 is 0. The maximum Gasteiger partial charge on any atom is 0.218 e. The number of primary amides is 1. The minimum Gasteiger partial charge on any atom is -0.495 e. The second kappa shape index (κ2) is 8.00. The van der Waals surface area contributed by atoms with E-state index in [2.05, 4.69) is 10.2 Å². The lowest BCUT2D eigenvalue weighted by atomic mass is 10.0. The first-order chi connectivity index (χ1) is 10.6. The molecule has 1 saturated heterocycles. The van der Waals surface area contributed by atoms with Crippen LogP contribution >= 0.6 is 0 Å². The number of hydrogen-bond donors (Lipinski definition) is 3. The van der Waals surface area contributed by atoms with Crippen LogP contribution in [0.2, 0.25) is 0 Å². The van der Waals surface area contributed by atoms with Crippen molar-refractivity contribution >= 4 is 11.6 Å². The molecule has 6 heteroatoms. The van der Waals surface area contributed by atoms with Gasteiger partial charge in [-0.3, -0.25) is 4.79 Å². The van der Waals surface area contributed by atoms with E-state index < -0.39 is 0 Å². The summed E-state index contributed by atoms with van der Waals surface area (Å²) in [5, 5.41) is 13.0. The van der Waals surface area contributed by atoms with E-state index in [0.29, 0.717) is 12.5 Å². The van der Waals surface area contributed by atoms with Gasteiger partial charge < -0.3 is 25.8 Å². The van der Waals surface area contributed by atoms with Crippen LogP contribution in [0.25, 0.3) is 0 Å². The fourth-order valence-corrected chi connectivity index (χ4v) is 2.82. The first-order valence-corrected chi connectivity index (χ1v) is 7.68. The van der Waals surface area contributed by atoms with Gasteiger partial charge in [0.15, 0.2) is 0 Å². The predicted molar refractivity (Wildman–Crippen MR) is 85.8 cm³/mol. The highest BCUT2D eigenvalue weighted by molar-refractivity contribution is 5.73.